The maximum Gasteiger partial charge on any atom is 0.326 e. The second-order valence-corrected chi connectivity index (χ2v) is 6.83. The minimum absolute atomic E-state index is 0.166. The number of aliphatic carboxylic acids is 1. The Kier molecular flexibility index (Phi) is 6.17. The van der Waals surface area contributed by atoms with Crippen LogP contribution in [0.1, 0.15) is 32.1 Å². The van der Waals surface area contributed by atoms with Gasteiger partial charge in [0.05, 0.1) is 0 Å². The van der Waals surface area contributed by atoms with Gasteiger partial charge in [0.2, 0.25) is 0 Å². The van der Waals surface area contributed by atoms with E-state index in [-0.39, 0.29) is 12.1 Å². The number of carbonyl (C=O) groups excluding carboxylic acids is 1. The lowest BCUT2D eigenvalue weighted by atomic mass is 9.98. The molecule has 0 aromatic heterocycles. The van der Waals surface area contributed by atoms with Crippen LogP contribution in [-0.4, -0.2) is 65.2 Å². The van der Waals surface area contributed by atoms with Crippen LogP contribution >= 0.6 is 11.8 Å². The molecule has 0 spiro atoms. The summed E-state index contributed by atoms with van der Waals surface area (Å²) in [5, 5.41) is 14.6. The number of thioether (sulfide) groups is 1. The molecule has 2 rings (SSSR count). The minimum Gasteiger partial charge on any atom is -0.480 e. The molecule has 3 N–H and O–H groups in total. The fourth-order valence-corrected chi connectivity index (χ4v) is 3.71. The van der Waals surface area contributed by atoms with Gasteiger partial charge in [-0.1, -0.05) is 0 Å². The summed E-state index contributed by atoms with van der Waals surface area (Å²) < 4.78 is 0. The van der Waals surface area contributed by atoms with Gasteiger partial charge < -0.3 is 20.6 Å². The van der Waals surface area contributed by atoms with E-state index in [0.29, 0.717) is 12.5 Å². The monoisotopic (exact) mass is 315 g/mol. The number of nitrogens with zero attached hydrogens (tertiary/aromatic N) is 1. The van der Waals surface area contributed by atoms with Crippen molar-refractivity contribution in [3.63, 3.8) is 0 Å². The van der Waals surface area contributed by atoms with Crippen LogP contribution in [0.3, 0.4) is 0 Å². The number of carboxylic acids is 1. The molecule has 0 aromatic carbocycles. The third-order valence-corrected chi connectivity index (χ3v) is 5.01. The number of urea groups is 1. The van der Waals surface area contributed by atoms with Crippen LogP contribution in [0.25, 0.3) is 0 Å². The van der Waals surface area contributed by atoms with Gasteiger partial charge in [-0.3, -0.25) is 0 Å². The third kappa shape index (κ3) is 4.78. The van der Waals surface area contributed by atoms with Gasteiger partial charge in [0.15, 0.2) is 0 Å². The molecule has 0 radical (unpaired) electrons. The Morgan fingerprint density at radius 3 is 2.90 bits per heavy atom. The maximum atomic E-state index is 12.0. The van der Waals surface area contributed by atoms with Crippen LogP contribution in [0, 0.1) is 0 Å². The number of carbonyl (C=O) groups is 2. The molecule has 0 aromatic rings. The molecular formula is C14H25N3O3S. The molecule has 3 atom stereocenters. The van der Waals surface area contributed by atoms with Crippen molar-refractivity contribution in [3.8, 4) is 0 Å². The van der Waals surface area contributed by atoms with Crippen LogP contribution in [0.5, 0.6) is 0 Å². The van der Waals surface area contributed by atoms with Gasteiger partial charge in [0.25, 0.3) is 0 Å². The number of fused-ring (bicyclic) bond motifs is 1. The lowest BCUT2D eigenvalue weighted by molar-refractivity contribution is -0.139. The fraction of sp³-hybridized carbons (Fsp3) is 0.857. The van der Waals surface area contributed by atoms with Gasteiger partial charge in [-0.15, -0.1) is 0 Å². The first-order chi connectivity index (χ1) is 10.1. The zero-order chi connectivity index (χ0) is 15.2. The standard InChI is InChI=1S/C14H25N3O3S/c1-21-8-5-12(13(18)19)16-14(20)15-10-4-7-17-6-2-3-11(17)9-10/h10-12H,2-9H2,1H3,(H,18,19)(H2,15,16,20)/t10?,11?,12-/m1/s1. The molecule has 0 bridgehead atoms. The number of piperidine rings is 1. The lowest BCUT2D eigenvalue weighted by Gasteiger charge is -2.35. The molecule has 6 nitrogen and oxygen atoms in total. The molecule has 0 aliphatic carbocycles. The molecule has 2 aliphatic rings. The highest BCUT2D eigenvalue weighted by molar-refractivity contribution is 7.98. The van der Waals surface area contributed by atoms with Crippen LogP contribution in [0.2, 0.25) is 0 Å². The Hall–Kier alpha value is -0.950. The van der Waals surface area contributed by atoms with Gasteiger partial charge in [-0.05, 0) is 50.7 Å². The average molecular weight is 315 g/mol. The van der Waals surface area contributed by atoms with Gasteiger partial charge in [-0.2, -0.15) is 11.8 Å². The largest absolute Gasteiger partial charge is 0.480 e. The molecule has 2 unspecified atom stereocenters. The van der Waals surface area contributed by atoms with Crippen molar-refractivity contribution in [2.75, 3.05) is 25.1 Å². The summed E-state index contributed by atoms with van der Waals surface area (Å²) in [6, 6.07) is -0.390. The number of rotatable bonds is 6. The van der Waals surface area contributed by atoms with Gasteiger partial charge >= 0.3 is 12.0 Å². The topological polar surface area (TPSA) is 81.7 Å². The second-order valence-electron chi connectivity index (χ2n) is 5.84. The fourth-order valence-electron chi connectivity index (χ4n) is 3.23. The number of hydrogen-bond acceptors (Lipinski definition) is 4. The minimum atomic E-state index is -0.968. The molecule has 2 fully saturated rings. The zero-order valence-electron chi connectivity index (χ0n) is 12.5. The highest BCUT2D eigenvalue weighted by atomic mass is 32.2. The third-order valence-electron chi connectivity index (χ3n) is 4.37. The Bertz CT molecular complexity index is 380. The maximum absolute atomic E-state index is 12.0. The molecule has 2 aliphatic heterocycles. The summed E-state index contributed by atoms with van der Waals surface area (Å²) in [5.74, 6) is -0.248. The lowest BCUT2D eigenvalue weighted by Crippen LogP contribution is -2.53. The van der Waals surface area contributed by atoms with Crippen molar-refractivity contribution in [2.45, 2.75) is 50.2 Å². The van der Waals surface area contributed by atoms with Gasteiger partial charge in [-0.25, -0.2) is 9.59 Å². The van der Waals surface area contributed by atoms with E-state index in [1.165, 1.54) is 19.4 Å². The van der Waals surface area contributed by atoms with Crippen LogP contribution in [-0.2, 0) is 4.79 Å². The quantitative estimate of drug-likeness (QED) is 0.684. The zero-order valence-corrected chi connectivity index (χ0v) is 13.3. The van der Waals surface area contributed by atoms with E-state index in [0.717, 1.165) is 25.1 Å². The summed E-state index contributed by atoms with van der Waals surface area (Å²) in [6.07, 6.45) is 6.77. The van der Waals surface area contributed by atoms with E-state index in [1.54, 1.807) is 11.8 Å². The van der Waals surface area contributed by atoms with E-state index in [4.69, 9.17) is 5.11 Å². The summed E-state index contributed by atoms with van der Waals surface area (Å²) in [7, 11) is 0. The molecule has 120 valence electrons. The van der Waals surface area contributed by atoms with Crippen molar-refractivity contribution < 1.29 is 14.7 Å². The molecule has 7 heteroatoms. The second kappa shape index (κ2) is 7.89. The number of hydrogen-bond donors (Lipinski definition) is 3. The van der Waals surface area contributed by atoms with Gasteiger partial charge in [0, 0.05) is 18.6 Å². The van der Waals surface area contributed by atoms with Crippen molar-refractivity contribution in [1.82, 2.24) is 15.5 Å². The summed E-state index contributed by atoms with van der Waals surface area (Å²) in [4.78, 5) is 25.6. The summed E-state index contributed by atoms with van der Waals surface area (Å²) in [5.41, 5.74) is 0. The highest BCUT2D eigenvalue weighted by Gasteiger charge is 2.32. The van der Waals surface area contributed by atoms with E-state index >= 15 is 0 Å². The number of amides is 2. The smallest absolute Gasteiger partial charge is 0.326 e. The van der Waals surface area contributed by atoms with E-state index in [2.05, 4.69) is 15.5 Å². The van der Waals surface area contributed by atoms with Crippen molar-refractivity contribution >= 4 is 23.8 Å². The van der Waals surface area contributed by atoms with Crippen molar-refractivity contribution in [1.29, 1.82) is 0 Å². The van der Waals surface area contributed by atoms with Crippen LogP contribution in [0.4, 0.5) is 4.79 Å². The normalized spacial score (nSPS) is 26.9. The summed E-state index contributed by atoms with van der Waals surface area (Å²) >= 11 is 1.58. The van der Waals surface area contributed by atoms with Gasteiger partial charge in [0.1, 0.15) is 6.04 Å². The highest BCUT2D eigenvalue weighted by Crippen LogP contribution is 2.26. The first-order valence-electron chi connectivity index (χ1n) is 7.63. The molecule has 2 amide bonds. The Labute approximate surface area is 130 Å². The Morgan fingerprint density at radius 2 is 2.19 bits per heavy atom. The van der Waals surface area contributed by atoms with Crippen molar-refractivity contribution in [3.05, 3.63) is 0 Å². The van der Waals surface area contributed by atoms with E-state index < -0.39 is 12.0 Å². The first-order valence-corrected chi connectivity index (χ1v) is 9.02. The average Bonchev–Trinajstić information content (AvgIpc) is 2.90. The SMILES string of the molecule is CSCC[C@@H](NC(=O)NC1CCN2CCCC2C1)C(=O)O. The predicted octanol–water partition coefficient (Wildman–Crippen LogP) is 1.12. The van der Waals surface area contributed by atoms with Crippen LogP contribution < -0.4 is 10.6 Å². The number of nitrogens with one attached hydrogen (secondary N) is 2. The van der Waals surface area contributed by atoms with E-state index in [1.807, 2.05) is 6.26 Å². The van der Waals surface area contributed by atoms with E-state index in [9.17, 15) is 9.59 Å². The molecule has 2 saturated heterocycles. The Morgan fingerprint density at radius 1 is 1.38 bits per heavy atom. The number of carboxylic acid groups (broad SMARTS) is 1. The summed E-state index contributed by atoms with van der Waals surface area (Å²) in [6.45, 7) is 2.21. The molecule has 21 heavy (non-hydrogen) atoms. The Balaban J connectivity index is 1.76. The molecule has 2 heterocycles. The van der Waals surface area contributed by atoms with Crippen molar-refractivity contribution in [2.24, 2.45) is 0 Å². The molecule has 0 saturated carbocycles. The predicted molar refractivity (Wildman–Crippen MR) is 83.7 cm³/mol. The first kappa shape index (κ1) is 16.4. The molecular weight excluding hydrogens is 290 g/mol. The van der Waals surface area contributed by atoms with Crippen LogP contribution in [0.15, 0.2) is 0 Å².